The molecule has 36 heavy (non-hydrogen) atoms. The number of nitrogens with one attached hydrogen (secondary N) is 1. The molecule has 184 valence electrons. The molecule has 0 bridgehead atoms. The Hall–Kier alpha value is -3.03. The summed E-state index contributed by atoms with van der Waals surface area (Å²) in [6, 6.07) is 17.6. The van der Waals surface area contributed by atoms with Crippen LogP contribution >= 0.6 is 46.4 Å². The molecule has 0 fully saturated rings. The largest absolute Gasteiger partial charge is 0.480 e. The van der Waals surface area contributed by atoms with Gasteiger partial charge < -0.3 is 10.4 Å². The molecule has 0 saturated heterocycles. The Labute approximate surface area is 227 Å². The van der Waals surface area contributed by atoms with E-state index in [1.165, 1.54) is 4.68 Å². The number of rotatable bonds is 7. The topological polar surface area (TPSA) is 84.2 Å². The van der Waals surface area contributed by atoms with Crippen LogP contribution < -0.4 is 5.32 Å². The molecule has 2 N–H and O–H groups in total. The number of benzene rings is 3. The summed E-state index contributed by atoms with van der Waals surface area (Å²) < 4.78 is 1.54. The molecule has 0 spiro atoms. The molecule has 3 aromatic carbocycles. The van der Waals surface area contributed by atoms with Gasteiger partial charge in [0.2, 0.25) is 0 Å². The first kappa shape index (κ1) is 26.0. The number of nitrogens with zero attached hydrogens (tertiary/aromatic N) is 2. The van der Waals surface area contributed by atoms with Gasteiger partial charge in [-0.15, -0.1) is 0 Å². The summed E-state index contributed by atoms with van der Waals surface area (Å²) in [5, 5.41) is 18.6. The van der Waals surface area contributed by atoms with E-state index in [0.29, 0.717) is 42.6 Å². The Kier molecular flexibility index (Phi) is 7.91. The van der Waals surface area contributed by atoms with Crippen molar-refractivity contribution in [2.24, 2.45) is 0 Å². The van der Waals surface area contributed by atoms with Crippen LogP contribution in [0, 0.1) is 6.92 Å². The maximum atomic E-state index is 13.3. The standard InChI is InChI=1S/C26H19Cl4N3O3/c1-14-23(25(34)31-21(26(35)36)12-16-4-2-3-5-19(16)29)32-33(22-11-10-18(28)13-20(22)30)24(14)15-6-8-17(27)9-7-15/h2-11,13,21H,12H2,1H3,(H,31,34)(H,35,36)/t21-/m0/s1. The highest BCUT2D eigenvalue weighted by Gasteiger charge is 2.27. The smallest absolute Gasteiger partial charge is 0.326 e. The second-order valence-electron chi connectivity index (χ2n) is 8.00. The highest BCUT2D eigenvalue weighted by molar-refractivity contribution is 6.35. The third-order valence-electron chi connectivity index (χ3n) is 5.58. The van der Waals surface area contributed by atoms with E-state index in [-0.39, 0.29) is 12.1 Å². The van der Waals surface area contributed by atoms with Crippen molar-refractivity contribution in [1.82, 2.24) is 15.1 Å². The maximum Gasteiger partial charge on any atom is 0.326 e. The zero-order valence-electron chi connectivity index (χ0n) is 18.8. The molecule has 10 heteroatoms. The van der Waals surface area contributed by atoms with Crippen molar-refractivity contribution >= 4 is 58.3 Å². The monoisotopic (exact) mass is 561 g/mol. The molecule has 0 radical (unpaired) electrons. The van der Waals surface area contributed by atoms with Gasteiger partial charge in [-0.1, -0.05) is 76.7 Å². The molecule has 4 aromatic rings. The van der Waals surface area contributed by atoms with Crippen molar-refractivity contribution < 1.29 is 14.7 Å². The van der Waals surface area contributed by atoms with Crippen LogP contribution in [-0.2, 0) is 11.2 Å². The molecule has 0 aliphatic heterocycles. The fraction of sp³-hybridized carbons (Fsp3) is 0.115. The summed E-state index contributed by atoms with van der Waals surface area (Å²) in [6.45, 7) is 1.73. The molecule has 4 rings (SSSR count). The van der Waals surface area contributed by atoms with Crippen molar-refractivity contribution in [2.75, 3.05) is 0 Å². The average molecular weight is 563 g/mol. The van der Waals surface area contributed by atoms with Crippen LogP contribution in [0.2, 0.25) is 20.1 Å². The van der Waals surface area contributed by atoms with Crippen molar-refractivity contribution in [3.8, 4) is 16.9 Å². The normalized spacial score (nSPS) is 11.8. The van der Waals surface area contributed by atoms with Gasteiger partial charge in [0.15, 0.2) is 5.69 Å². The van der Waals surface area contributed by atoms with Gasteiger partial charge >= 0.3 is 5.97 Å². The van der Waals surface area contributed by atoms with E-state index in [1.807, 2.05) is 0 Å². The van der Waals surface area contributed by atoms with Crippen LogP contribution in [0.25, 0.3) is 16.9 Å². The molecule has 1 aromatic heterocycles. The van der Waals surface area contributed by atoms with Crippen molar-refractivity contribution in [1.29, 1.82) is 0 Å². The molecule has 1 atom stereocenters. The number of aliphatic carboxylic acids is 1. The van der Waals surface area contributed by atoms with Gasteiger partial charge in [-0.3, -0.25) is 4.79 Å². The number of carboxylic acid groups (broad SMARTS) is 1. The Morgan fingerprint density at radius 3 is 2.25 bits per heavy atom. The minimum Gasteiger partial charge on any atom is -0.480 e. The van der Waals surface area contributed by atoms with Crippen LogP contribution in [0.3, 0.4) is 0 Å². The van der Waals surface area contributed by atoms with E-state index in [1.54, 1.807) is 73.7 Å². The second-order valence-corrected chi connectivity index (χ2v) is 9.68. The molecule has 1 heterocycles. The lowest BCUT2D eigenvalue weighted by Crippen LogP contribution is -2.42. The number of carbonyl (C=O) groups is 2. The number of hydrogen-bond donors (Lipinski definition) is 2. The molecule has 0 saturated carbocycles. The molecule has 6 nitrogen and oxygen atoms in total. The number of halogens is 4. The molecule has 0 aliphatic carbocycles. The van der Waals surface area contributed by atoms with Gasteiger partial charge in [0, 0.05) is 32.6 Å². The summed E-state index contributed by atoms with van der Waals surface area (Å²) >= 11 is 24.8. The minimum absolute atomic E-state index is 0.00750. The summed E-state index contributed by atoms with van der Waals surface area (Å²) in [6.07, 6.45) is 0.00750. The Morgan fingerprint density at radius 1 is 0.944 bits per heavy atom. The van der Waals surface area contributed by atoms with Crippen LogP contribution in [0.5, 0.6) is 0 Å². The zero-order chi connectivity index (χ0) is 26.0. The first-order valence-corrected chi connectivity index (χ1v) is 12.2. The van der Waals surface area contributed by atoms with Crippen molar-refractivity contribution in [3.63, 3.8) is 0 Å². The van der Waals surface area contributed by atoms with Crippen LogP contribution in [0.15, 0.2) is 66.7 Å². The molecule has 0 unspecified atom stereocenters. The molecule has 1 amide bonds. The maximum absolute atomic E-state index is 13.3. The van der Waals surface area contributed by atoms with E-state index in [0.717, 1.165) is 5.56 Å². The average Bonchev–Trinajstić information content (AvgIpc) is 3.17. The fourth-order valence-corrected chi connectivity index (χ4v) is 4.62. The number of hydrogen-bond acceptors (Lipinski definition) is 3. The highest BCUT2D eigenvalue weighted by atomic mass is 35.5. The number of carbonyl (C=O) groups excluding carboxylic acids is 1. The van der Waals surface area contributed by atoms with E-state index in [4.69, 9.17) is 46.4 Å². The summed E-state index contributed by atoms with van der Waals surface area (Å²) in [4.78, 5) is 25.3. The predicted molar refractivity (Wildman–Crippen MR) is 143 cm³/mol. The van der Waals surface area contributed by atoms with Crippen LogP contribution in [-0.4, -0.2) is 32.8 Å². The highest BCUT2D eigenvalue weighted by Crippen LogP contribution is 2.33. The minimum atomic E-state index is -1.22. The molecular weight excluding hydrogens is 544 g/mol. The van der Waals surface area contributed by atoms with E-state index >= 15 is 0 Å². The summed E-state index contributed by atoms with van der Waals surface area (Å²) in [5.74, 6) is -1.84. The van der Waals surface area contributed by atoms with Gasteiger partial charge in [-0.25, -0.2) is 9.48 Å². The van der Waals surface area contributed by atoms with Gasteiger partial charge in [-0.2, -0.15) is 5.10 Å². The van der Waals surface area contributed by atoms with Crippen molar-refractivity contribution in [2.45, 2.75) is 19.4 Å². The van der Waals surface area contributed by atoms with E-state index in [2.05, 4.69) is 10.4 Å². The zero-order valence-corrected chi connectivity index (χ0v) is 21.8. The lowest BCUT2D eigenvalue weighted by Gasteiger charge is -2.15. The Balaban J connectivity index is 1.76. The third kappa shape index (κ3) is 5.52. The first-order chi connectivity index (χ1) is 17.2. The van der Waals surface area contributed by atoms with E-state index in [9.17, 15) is 14.7 Å². The lowest BCUT2D eigenvalue weighted by atomic mass is 10.0. The number of carboxylic acids is 1. The van der Waals surface area contributed by atoms with Gasteiger partial charge in [0.1, 0.15) is 6.04 Å². The fourth-order valence-electron chi connectivity index (χ4n) is 3.80. The lowest BCUT2D eigenvalue weighted by molar-refractivity contribution is -0.139. The Bertz CT molecular complexity index is 1450. The SMILES string of the molecule is Cc1c(C(=O)N[C@@H](Cc2ccccc2Cl)C(=O)O)nn(-c2ccc(Cl)cc2Cl)c1-c1ccc(Cl)cc1. The summed E-state index contributed by atoms with van der Waals surface area (Å²) in [5.41, 5.74) is 3.02. The molecular formula is C26H19Cl4N3O3. The van der Waals surface area contributed by atoms with Crippen LogP contribution in [0.1, 0.15) is 21.6 Å². The van der Waals surface area contributed by atoms with E-state index < -0.39 is 17.9 Å². The van der Waals surface area contributed by atoms with Gasteiger partial charge in [0.05, 0.1) is 16.4 Å². The Morgan fingerprint density at radius 2 is 1.61 bits per heavy atom. The number of amides is 1. The quantitative estimate of drug-likeness (QED) is 0.257. The first-order valence-electron chi connectivity index (χ1n) is 10.7. The molecule has 0 aliphatic rings. The van der Waals surface area contributed by atoms with Gasteiger partial charge in [0.25, 0.3) is 5.91 Å². The van der Waals surface area contributed by atoms with Gasteiger partial charge in [-0.05, 0) is 48.9 Å². The predicted octanol–water partition coefficient (Wildman–Crippen LogP) is 6.89. The second kappa shape index (κ2) is 10.9. The van der Waals surface area contributed by atoms with Crippen molar-refractivity contribution in [3.05, 3.63) is 104 Å². The summed E-state index contributed by atoms with van der Waals surface area (Å²) in [7, 11) is 0. The third-order valence-corrected chi connectivity index (χ3v) is 6.74. The van der Waals surface area contributed by atoms with Crippen LogP contribution in [0.4, 0.5) is 0 Å². The number of aromatic nitrogens is 2.